The molecule has 2 N–H and O–H groups in total. The average Bonchev–Trinajstić information content (AvgIpc) is 3.29. The Bertz CT molecular complexity index is 1700. The lowest BCUT2D eigenvalue weighted by Gasteiger charge is -2.50. The number of nitrogens with zero attached hydrogens (tertiary/aromatic N) is 5. The molecule has 0 radical (unpaired) electrons. The smallest absolute Gasteiger partial charge is 0.251 e. The van der Waals surface area contributed by atoms with Crippen molar-refractivity contribution in [3.05, 3.63) is 54.0 Å². The fourth-order valence-corrected chi connectivity index (χ4v) is 6.66. The summed E-state index contributed by atoms with van der Waals surface area (Å²) in [6.07, 6.45) is 2.83. The minimum Gasteiger partial charge on any atom is -0.375 e. The molecule has 0 bridgehead atoms. The minimum absolute atomic E-state index is 0.135. The Morgan fingerprint density at radius 2 is 2.00 bits per heavy atom. The number of halogens is 1. The summed E-state index contributed by atoms with van der Waals surface area (Å²) in [6.45, 7) is 10.1. The second-order valence-corrected chi connectivity index (χ2v) is 11.1. The molecule has 2 amide bonds. The highest BCUT2D eigenvalue weighted by atomic mass is 32.1. The number of aromatic nitrogens is 2. The molecule has 194 valence electrons. The van der Waals surface area contributed by atoms with E-state index in [0.29, 0.717) is 39.4 Å². The van der Waals surface area contributed by atoms with Gasteiger partial charge in [0.05, 0.1) is 34.3 Å². The number of piperazine rings is 1. The Labute approximate surface area is 223 Å². The van der Waals surface area contributed by atoms with Crippen molar-refractivity contribution in [1.82, 2.24) is 14.9 Å². The van der Waals surface area contributed by atoms with Crippen LogP contribution in [-0.2, 0) is 9.59 Å². The Hall–Kier alpha value is -4.05. The zero-order chi connectivity index (χ0) is 27.0. The van der Waals surface area contributed by atoms with Gasteiger partial charge in [0.25, 0.3) is 5.91 Å². The number of anilines is 3. The molecule has 4 aromatic rings. The van der Waals surface area contributed by atoms with Crippen LogP contribution < -0.4 is 15.5 Å². The minimum atomic E-state index is -0.587. The number of fused-ring (bicyclic) bond motifs is 6. The van der Waals surface area contributed by atoms with Crippen molar-refractivity contribution in [3.8, 4) is 11.1 Å². The van der Waals surface area contributed by atoms with Crippen LogP contribution in [0.15, 0.2) is 37.1 Å². The van der Waals surface area contributed by atoms with E-state index < -0.39 is 11.9 Å². The fraction of sp³-hybridized carbons (Fsp3) is 0.286. The maximum Gasteiger partial charge on any atom is 0.251 e. The summed E-state index contributed by atoms with van der Waals surface area (Å²) >= 11 is 1.39. The summed E-state index contributed by atoms with van der Waals surface area (Å²) < 4.78 is 17.4. The lowest BCUT2D eigenvalue weighted by molar-refractivity contribution is -0.130. The Balaban J connectivity index is 1.57. The lowest BCUT2D eigenvalue weighted by atomic mass is 9.93. The number of hydrogen-bond acceptors (Lipinski definition) is 7. The molecule has 2 aliphatic heterocycles. The van der Waals surface area contributed by atoms with Gasteiger partial charge in [0.2, 0.25) is 5.91 Å². The number of thiazole rings is 1. The summed E-state index contributed by atoms with van der Waals surface area (Å²) in [5, 5.41) is 1.06. The van der Waals surface area contributed by atoms with Gasteiger partial charge in [-0.05, 0) is 44.0 Å². The number of hydrogen-bond donors (Lipinski definition) is 1. The van der Waals surface area contributed by atoms with E-state index in [0.717, 1.165) is 21.5 Å². The molecule has 38 heavy (non-hydrogen) atoms. The van der Waals surface area contributed by atoms with Crippen LogP contribution in [0.4, 0.5) is 20.9 Å². The quantitative estimate of drug-likeness (QED) is 0.386. The fourth-order valence-electron chi connectivity index (χ4n) is 5.83. The van der Waals surface area contributed by atoms with Gasteiger partial charge in [0.15, 0.2) is 10.9 Å². The van der Waals surface area contributed by atoms with E-state index in [1.165, 1.54) is 17.4 Å². The van der Waals surface area contributed by atoms with E-state index in [9.17, 15) is 9.59 Å². The van der Waals surface area contributed by atoms with E-state index in [2.05, 4.69) is 16.5 Å². The average molecular weight is 531 g/mol. The van der Waals surface area contributed by atoms with Crippen molar-refractivity contribution < 1.29 is 14.0 Å². The first kappa shape index (κ1) is 24.3. The highest BCUT2D eigenvalue weighted by molar-refractivity contribution is 7.22. The van der Waals surface area contributed by atoms with Gasteiger partial charge in [-0.15, -0.1) is 0 Å². The van der Waals surface area contributed by atoms with E-state index in [-0.39, 0.29) is 29.9 Å². The number of nitrogen functional groups attached to an aromatic ring is 1. The largest absolute Gasteiger partial charge is 0.375 e. The predicted octanol–water partition coefficient (Wildman–Crippen LogP) is 4.42. The third-order valence-electron chi connectivity index (χ3n) is 7.74. The van der Waals surface area contributed by atoms with Gasteiger partial charge in [-0.2, -0.15) is 0 Å². The Morgan fingerprint density at radius 1 is 1.24 bits per heavy atom. The number of rotatable bonds is 2. The molecule has 0 spiro atoms. The highest BCUT2D eigenvalue weighted by Crippen LogP contribution is 2.45. The normalized spacial score (nSPS) is 19.2. The van der Waals surface area contributed by atoms with Gasteiger partial charge in [0.1, 0.15) is 11.6 Å². The number of carbonyl (C=O) groups excluding carboxylic acids is 2. The number of pyridine rings is 1. The molecule has 2 aromatic carbocycles. The van der Waals surface area contributed by atoms with Gasteiger partial charge in [-0.25, -0.2) is 9.37 Å². The van der Waals surface area contributed by atoms with Crippen molar-refractivity contribution >= 4 is 60.8 Å². The van der Waals surface area contributed by atoms with E-state index >= 15 is 4.39 Å². The van der Waals surface area contributed by atoms with Crippen molar-refractivity contribution in [2.45, 2.75) is 32.9 Å². The monoisotopic (exact) mass is 530 g/mol. The van der Waals surface area contributed by atoms with Crippen LogP contribution in [0.5, 0.6) is 0 Å². The molecule has 10 heteroatoms. The molecular weight excluding hydrogens is 503 g/mol. The topological polar surface area (TPSA) is 95.7 Å². The number of carbonyl (C=O) groups is 2. The molecule has 2 atom stereocenters. The second-order valence-electron chi connectivity index (χ2n) is 10.0. The zero-order valence-corrected chi connectivity index (χ0v) is 22.4. The Morgan fingerprint density at radius 3 is 2.74 bits per heavy atom. The molecule has 6 rings (SSSR count). The molecule has 0 saturated carbocycles. The molecule has 1 fully saturated rings. The van der Waals surface area contributed by atoms with E-state index in [1.54, 1.807) is 23.0 Å². The maximum atomic E-state index is 16.4. The van der Waals surface area contributed by atoms with Crippen molar-refractivity contribution in [3.63, 3.8) is 0 Å². The Kier molecular flexibility index (Phi) is 5.43. The first-order valence-electron chi connectivity index (χ1n) is 12.4. The highest BCUT2D eigenvalue weighted by Gasteiger charge is 2.44. The molecule has 4 heterocycles. The number of aryl methyl sites for hydroxylation is 2. The molecular formula is C28H27FN6O2S. The van der Waals surface area contributed by atoms with Crippen LogP contribution >= 0.6 is 11.3 Å². The first-order valence-corrected chi connectivity index (χ1v) is 13.2. The van der Waals surface area contributed by atoms with Gasteiger partial charge in [-0.1, -0.05) is 30.0 Å². The molecule has 0 unspecified atom stereocenters. The van der Waals surface area contributed by atoms with Gasteiger partial charge < -0.3 is 20.4 Å². The van der Waals surface area contributed by atoms with Crippen LogP contribution in [-0.4, -0.2) is 58.9 Å². The summed E-state index contributed by atoms with van der Waals surface area (Å²) in [5.41, 5.74) is 11.2. The molecule has 0 aliphatic carbocycles. The van der Waals surface area contributed by atoms with Gasteiger partial charge >= 0.3 is 0 Å². The summed E-state index contributed by atoms with van der Waals surface area (Å²) in [5.74, 6) is -0.787. The lowest BCUT2D eigenvalue weighted by Crippen LogP contribution is -2.65. The summed E-state index contributed by atoms with van der Waals surface area (Å²) in [6, 6.07) is 5.02. The van der Waals surface area contributed by atoms with Crippen molar-refractivity contribution in [2.24, 2.45) is 0 Å². The zero-order valence-electron chi connectivity index (χ0n) is 21.6. The number of amides is 2. The molecule has 1 saturated heterocycles. The SMILES string of the molecule is C=CC(=O)N1C[C@@H]2C(=O)N(C)c3cnc4c(F)c(-c5ccc(C)c6sc(N)nc56)c(C)cc4c3N2C[C@H]1C. The second kappa shape index (κ2) is 8.49. The number of likely N-dealkylation sites (N-methyl/N-ethyl adjacent to an activating group) is 1. The summed E-state index contributed by atoms with van der Waals surface area (Å²) in [7, 11) is 1.69. The van der Waals surface area contributed by atoms with Crippen LogP contribution in [0.1, 0.15) is 18.1 Å². The summed E-state index contributed by atoms with van der Waals surface area (Å²) in [4.78, 5) is 40.1. The molecule has 8 nitrogen and oxygen atoms in total. The maximum absolute atomic E-state index is 16.4. The molecule has 2 aromatic heterocycles. The van der Waals surface area contributed by atoms with Crippen molar-refractivity contribution in [2.75, 3.05) is 35.7 Å². The van der Waals surface area contributed by atoms with E-state index in [4.69, 9.17) is 5.73 Å². The number of benzene rings is 2. The standard InChI is InChI=1S/C28H27FN6O2S/c1-6-20(36)34-12-19-27(37)33(5)18-10-31-23-17(25(18)35(19)11-15(34)4)9-14(3)21(22(23)29)16-8-7-13(2)26-24(16)32-28(30)38-26/h6-10,15,19H,1,11-12H2,2-5H3,(H2,30,32)/t15-,19-/m1/s1. The third-order valence-corrected chi connectivity index (χ3v) is 8.76. The number of nitrogens with two attached hydrogens (primary N) is 1. The molecule has 2 aliphatic rings. The van der Waals surface area contributed by atoms with Gasteiger partial charge in [0, 0.05) is 36.1 Å². The first-order chi connectivity index (χ1) is 18.1. The van der Waals surface area contributed by atoms with Crippen LogP contribution in [0, 0.1) is 19.7 Å². The predicted molar refractivity (Wildman–Crippen MR) is 150 cm³/mol. The van der Waals surface area contributed by atoms with Crippen molar-refractivity contribution in [1.29, 1.82) is 0 Å². The van der Waals surface area contributed by atoms with E-state index in [1.807, 2.05) is 43.9 Å². The van der Waals surface area contributed by atoms with Crippen LogP contribution in [0.25, 0.3) is 32.2 Å². The van der Waals surface area contributed by atoms with Crippen LogP contribution in [0.2, 0.25) is 0 Å². The third kappa shape index (κ3) is 3.32. The van der Waals surface area contributed by atoms with Gasteiger partial charge in [-0.3, -0.25) is 14.6 Å². The van der Waals surface area contributed by atoms with Crippen LogP contribution in [0.3, 0.4) is 0 Å².